The number of rotatable bonds is 2. The Balaban J connectivity index is 1.30. The van der Waals surface area contributed by atoms with Gasteiger partial charge in [-0.05, 0) is 0 Å². The Morgan fingerprint density at radius 2 is 1.00 bits per heavy atom. The topological polar surface area (TPSA) is 0 Å². The second-order valence-corrected chi connectivity index (χ2v) is 34.3. The van der Waals surface area contributed by atoms with Crippen molar-refractivity contribution in [3.8, 4) is 22.3 Å². The van der Waals surface area contributed by atoms with Crippen molar-refractivity contribution in [1.82, 2.24) is 0 Å². The number of benzene rings is 4. The monoisotopic (exact) mass is 756 g/mol. The van der Waals surface area contributed by atoms with Gasteiger partial charge < -0.3 is 0 Å². The molecule has 2 unspecified atom stereocenters. The number of hydrogen-bond acceptors (Lipinski definition) is 0. The predicted octanol–water partition coefficient (Wildman–Crippen LogP) is 12.6. The van der Waals surface area contributed by atoms with Crippen molar-refractivity contribution in [1.29, 1.82) is 0 Å². The maximum absolute atomic E-state index is 3.06. The van der Waals surface area contributed by atoms with Crippen molar-refractivity contribution in [3.05, 3.63) is 129 Å². The quantitative estimate of drug-likeness (QED) is 0.179. The maximum atomic E-state index is 2.79. The minimum atomic E-state index is -3.06. The molecule has 0 aromatic heterocycles. The SMILES string of the molecule is CC(C)(C)c1cccc(-c2cccc3c2C=C2[CH]3[Hf]([CH3])([CH3])[CH]3C(=Cc4c(-c5cccc(C(C)(C)C)c5)cccc43)C23CCC3)c1. The van der Waals surface area contributed by atoms with E-state index in [4.69, 9.17) is 0 Å². The summed E-state index contributed by atoms with van der Waals surface area (Å²) in [4.78, 5) is 0. The molecule has 4 aromatic carbocycles. The van der Waals surface area contributed by atoms with E-state index >= 15 is 0 Å². The third-order valence-corrected chi connectivity index (χ3v) is 27.2. The first-order chi connectivity index (χ1) is 21.3. The van der Waals surface area contributed by atoms with Gasteiger partial charge in [0.15, 0.2) is 0 Å². The fourth-order valence-corrected chi connectivity index (χ4v) is 26.6. The molecule has 0 nitrogen and oxygen atoms in total. The molecule has 0 bridgehead atoms. The third-order valence-electron chi connectivity index (χ3n) is 12.0. The van der Waals surface area contributed by atoms with Crippen LogP contribution in [0.25, 0.3) is 34.4 Å². The molecule has 1 saturated heterocycles. The van der Waals surface area contributed by atoms with Gasteiger partial charge in [0.2, 0.25) is 0 Å². The number of fused-ring (bicyclic) bond motifs is 8. The van der Waals surface area contributed by atoms with E-state index in [9.17, 15) is 0 Å². The molecule has 8 rings (SSSR count). The van der Waals surface area contributed by atoms with Crippen LogP contribution < -0.4 is 0 Å². The van der Waals surface area contributed by atoms with E-state index in [2.05, 4.69) is 148 Å². The fourth-order valence-electron chi connectivity index (χ4n) is 9.49. The molecular formula is C44H48Hf. The van der Waals surface area contributed by atoms with Crippen LogP contribution in [-0.4, -0.2) is 0 Å². The summed E-state index contributed by atoms with van der Waals surface area (Å²) >= 11 is -3.06. The summed E-state index contributed by atoms with van der Waals surface area (Å²) in [6.07, 6.45) is 9.40. The molecule has 1 heterocycles. The van der Waals surface area contributed by atoms with Crippen LogP contribution in [0, 0.1) is 5.41 Å². The Labute approximate surface area is 276 Å². The van der Waals surface area contributed by atoms with E-state index in [0.29, 0.717) is 7.35 Å². The van der Waals surface area contributed by atoms with Gasteiger partial charge in [0.25, 0.3) is 0 Å². The van der Waals surface area contributed by atoms with Crippen molar-refractivity contribution in [2.75, 3.05) is 0 Å². The summed E-state index contributed by atoms with van der Waals surface area (Å²) in [5, 5.41) is 0. The molecule has 1 spiro atoms. The van der Waals surface area contributed by atoms with Gasteiger partial charge in [-0.15, -0.1) is 0 Å². The first-order valence-corrected chi connectivity index (χ1v) is 28.6. The van der Waals surface area contributed by atoms with Crippen LogP contribution in [0.2, 0.25) is 9.36 Å². The van der Waals surface area contributed by atoms with Crippen molar-refractivity contribution >= 4 is 12.2 Å². The third kappa shape index (κ3) is 4.32. The van der Waals surface area contributed by atoms with E-state index in [1.807, 2.05) is 0 Å². The summed E-state index contributed by atoms with van der Waals surface area (Å²) < 4.78 is 6.89. The zero-order valence-corrected chi connectivity index (χ0v) is 32.1. The van der Waals surface area contributed by atoms with Crippen molar-refractivity contribution in [2.45, 2.75) is 88.3 Å². The molecule has 1 heteroatoms. The molecule has 3 aliphatic carbocycles. The van der Waals surface area contributed by atoms with Crippen LogP contribution in [0.5, 0.6) is 0 Å². The second kappa shape index (κ2) is 9.87. The van der Waals surface area contributed by atoms with Gasteiger partial charge in [0.1, 0.15) is 0 Å². The predicted molar refractivity (Wildman–Crippen MR) is 191 cm³/mol. The first-order valence-electron chi connectivity index (χ1n) is 17.2. The molecule has 1 aliphatic heterocycles. The van der Waals surface area contributed by atoms with Gasteiger partial charge in [0.05, 0.1) is 0 Å². The van der Waals surface area contributed by atoms with Gasteiger partial charge in [0, 0.05) is 0 Å². The fraction of sp³-hybridized carbons (Fsp3) is 0.364. The molecule has 4 aliphatic rings. The van der Waals surface area contributed by atoms with Gasteiger partial charge in [-0.3, -0.25) is 0 Å². The van der Waals surface area contributed by atoms with E-state index in [1.54, 1.807) is 22.3 Å². The molecule has 0 amide bonds. The van der Waals surface area contributed by atoms with Crippen LogP contribution in [0.3, 0.4) is 0 Å². The molecule has 0 N–H and O–H groups in total. The standard InChI is InChI=1S/C42H42.2CH3.Hf/c1-40(2,3)32-16-7-12-28(22-32)36-18-9-14-30-24-34(26-38(30)36)42(20-11-21-42)35-25-31-15-10-19-37(39(31)27-35)29-13-8-17-33(23-29)41(4,5)6;;;/h7-10,12-19,22-27H,11,20-21H2,1-6H3;2*1H3;. The average molecular weight is 755 g/mol. The number of allylic oxidation sites excluding steroid dienone is 2. The van der Waals surface area contributed by atoms with Crippen LogP contribution in [0.1, 0.15) is 102 Å². The van der Waals surface area contributed by atoms with Gasteiger partial charge in [-0.1, -0.05) is 0 Å². The summed E-state index contributed by atoms with van der Waals surface area (Å²) in [5.74, 6) is 0. The van der Waals surface area contributed by atoms with Crippen LogP contribution in [0.4, 0.5) is 0 Å². The second-order valence-electron chi connectivity index (χ2n) is 17.1. The average Bonchev–Trinajstić information content (AvgIpc) is 3.56. The molecule has 228 valence electrons. The Hall–Kier alpha value is -2.77. The first kappa shape index (κ1) is 29.6. The van der Waals surface area contributed by atoms with E-state index in [1.165, 1.54) is 63.8 Å². The molecule has 2 fully saturated rings. The summed E-state index contributed by atoms with van der Waals surface area (Å²) in [6.45, 7) is 14.0. The van der Waals surface area contributed by atoms with Crippen molar-refractivity contribution in [3.63, 3.8) is 0 Å². The Morgan fingerprint density at radius 1 is 0.578 bits per heavy atom. The van der Waals surface area contributed by atoms with E-state index < -0.39 is 20.0 Å². The molecule has 45 heavy (non-hydrogen) atoms. The molecule has 0 radical (unpaired) electrons. The van der Waals surface area contributed by atoms with Crippen LogP contribution >= 0.6 is 0 Å². The molecular weight excluding hydrogens is 707 g/mol. The minimum absolute atomic E-state index is 0.139. The van der Waals surface area contributed by atoms with Crippen molar-refractivity contribution < 1.29 is 20.0 Å². The van der Waals surface area contributed by atoms with E-state index in [0.717, 1.165) is 0 Å². The molecule has 4 aromatic rings. The van der Waals surface area contributed by atoms with Crippen molar-refractivity contribution in [2.24, 2.45) is 5.41 Å². The van der Waals surface area contributed by atoms with Gasteiger partial charge in [-0.25, -0.2) is 0 Å². The normalized spacial score (nSPS) is 22.1. The summed E-state index contributed by atoms with van der Waals surface area (Å²) in [7, 11) is 0. The van der Waals surface area contributed by atoms with Crippen LogP contribution in [-0.2, 0) is 30.8 Å². The van der Waals surface area contributed by atoms with Gasteiger partial charge in [-0.2, -0.15) is 0 Å². The number of hydrogen-bond donors (Lipinski definition) is 0. The summed E-state index contributed by atoms with van der Waals surface area (Å²) in [5.41, 5.74) is 18.9. The van der Waals surface area contributed by atoms with E-state index in [-0.39, 0.29) is 16.2 Å². The Morgan fingerprint density at radius 3 is 1.38 bits per heavy atom. The van der Waals surface area contributed by atoms with Crippen LogP contribution in [0.15, 0.2) is 96.1 Å². The molecule has 1 saturated carbocycles. The van der Waals surface area contributed by atoms with Gasteiger partial charge >= 0.3 is 278 Å². The zero-order valence-electron chi connectivity index (χ0n) is 28.5. The Kier molecular flexibility index (Phi) is 6.50. The Bertz CT molecular complexity index is 1790. The molecule has 2 atom stereocenters. The summed E-state index contributed by atoms with van der Waals surface area (Å²) in [6, 6.07) is 33.2. The zero-order chi connectivity index (χ0) is 31.5.